The van der Waals surface area contributed by atoms with Crippen LogP contribution in [0.2, 0.25) is 0 Å². The standard InChI is InChI=1S/C16H21N3O/c1-11-3-2-4-14-15(11)12(10-19-14)6-8-18-16(20)13-5-7-17-9-13/h2-4,10,13,17,19H,5-9H2,1H3,(H,18,20). The molecule has 3 N–H and O–H groups in total. The summed E-state index contributed by atoms with van der Waals surface area (Å²) >= 11 is 0. The Kier molecular flexibility index (Phi) is 3.74. The van der Waals surface area contributed by atoms with Gasteiger partial charge in [0.25, 0.3) is 0 Å². The quantitative estimate of drug-likeness (QED) is 0.793. The zero-order valence-corrected chi connectivity index (χ0v) is 11.8. The monoisotopic (exact) mass is 271 g/mol. The topological polar surface area (TPSA) is 56.9 Å². The zero-order valence-electron chi connectivity index (χ0n) is 11.8. The molecule has 1 atom stereocenters. The molecule has 1 aliphatic rings. The van der Waals surface area contributed by atoms with Gasteiger partial charge in [0.05, 0.1) is 5.92 Å². The fourth-order valence-corrected chi connectivity index (χ4v) is 2.99. The molecular weight excluding hydrogens is 250 g/mol. The minimum atomic E-state index is 0.153. The minimum absolute atomic E-state index is 0.153. The summed E-state index contributed by atoms with van der Waals surface area (Å²) in [4.78, 5) is 15.2. The van der Waals surface area contributed by atoms with E-state index in [9.17, 15) is 4.79 Å². The Morgan fingerprint density at radius 3 is 3.15 bits per heavy atom. The molecule has 3 rings (SSSR count). The maximum absolute atomic E-state index is 11.9. The summed E-state index contributed by atoms with van der Waals surface area (Å²) in [5.74, 6) is 0.339. The van der Waals surface area contributed by atoms with Crippen molar-refractivity contribution in [3.8, 4) is 0 Å². The summed E-state index contributed by atoms with van der Waals surface area (Å²) in [6, 6.07) is 6.28. The molecule has 20 heavy (non-hydrogen) atoms. The molecule has 1 amide bonds. The van der Waals surface area contributed by atoms with E-state index in [1.54, 1.807) is 0 Å². The number of hydrogen-bond acceptors (Lipinski definition) is 2. The number of hydrogen-bond donors (Lipinski definition) is 3. The van der Waals surface area contributed by atoms with Gasteiger partial charge in [0, 0.05) is 30.2 Å². The molecule has 106 valence electrons. The third-order valence-corrected chi connectivity index (χ3v) is 4.12. The number of H-pyrrole nitrogens is 1. The lowest BCUT2D eigenvalue weighted by molar-refractivity contribution is -0.124. The van der Waals surface area contributed by atoms with Gasteiger partial charge in [0.1, 0.15) is 0 Å². The lowest BCUT2D eigenvalue weighted by Crippen LogP contribution is -2.33. The van der Waals surface area contributed by atoms with Gasteiger partial charge in [0.2, 0.25) is 5.91 Å². The Morgan fingerprint density at radius 1 is 1.45 bits per heavy atom. The first-order valence-electron chi connectivity index (χ1n) is 7.29. The average Bonchev–Trinajstić information content (AvgIpc) is 3.08. The number of aromatic amines is 1. The van der Waals surface area contributed by atoms with E-state index in [0.717, 1.165) is 25.9 Å². The number of carbonyl (C=O) groups is 1. The highest BCUT2D eigenvalue weighted by Gasteiger charge is 2.21. The number of fused-ring (bicyclic) bond motifs is 1. The molecule has 1 saturated heterocycles. The maximum Gasteiger partial charge on any atom is 0.224 e. The molecule has 2 heterocycles. The molecular formula is C16H21N3O. The van der Waals surface area contributed by atoms with Crippen LogP contribution in [-0.4, -0.2) is 30.5 Å². The van der Waals surface area contributed by atoms with E-state index in [0.29, 0.717) is 6.54 Å². The predicted octanol–water partition coefficient (Wildman–Crippen LogP) is 1.74. The number of amides is 1. The Labute approximate surface area is 118 Å². The summed E-state index contributed by atoms with van der Waals surface area (Å²) in [6.45, 7) is 4.61. The van der Waals surface area contributed by atoms with Crippen LogP contribution in [0.15, 0.2) is 24.4 Å². The van der Waals surface area contributed by atoms with Gasteiger partial charge in [-0.05, 0) is 43.5 Å². The first-order chi connectivity index (χ1) is 9.75. The Morgan fingerprint density at radius 2 is 2.35 bits per heavy atom. The van der Waals surface area contributed by atoms with E-state index >= 15 is 0 Å². The van der Waals surface area contributed by atoms with Crippen molar-refractivity contribution in [1.29, 1.82) is 0 Å². The second-order valence-corrected chi connectivity index (χ2v) is 5.54. The molecule has 1 unspecified atom stereocenters. The second kappa shape index (κ2) is 5.67. The summed E-state index contributed by atoms with van der Waals surface area (Å²) < 4.78 is 0. The lowest BCUT2D eigenvalue weighted by atomic mass is 10.1. The average molecular weight is 271 g/mol. The number of benzene rings is 1. The van der Waals surface area contributed by atoms with Gasteiger partial charge >= 0.3 is 0 Å². The lowest BCUT2D eigenvalue weighted by Gasteiger charge is -2.09. The van der Waals surface area contributed by atoms with Gasteiger partial charge < -0.3 is 15.6 Å². The normalized spacial score (nSPS) is 18.6. The smallest absolute Gasteiger partial charge is 0.224 e. The SMILES string of the molecule is Cc1cccc2[nH]cc(CCNC(=O)C3CCNC3)c12. The third kappa shape index (κ3) is 2.56. The number of carbonyl (C=O) groups excluding carboxylic acids is 1. The highest BCUT2D eigenvalue weighted by molar-refractivity contribution is 5.86. The molecule has 1 aliphatic heterocycles. The van der Waals surface area contributed by atoms with Crippen LogP contribution < -0.4 is 10.6 Å². The van der Waals surface area contributed by atoms with Crippen LogP contribution in [0, 0.1) is 12.8 Å². The molecule has 2 aromatic rings. The molecule has 1 aromatic heterocycles. The van der Waals surface area contributed by atoms with Crippen LogP contribution in [0.4, 0.5) is 0 Å². The van der Waals surface area contributed by atoms with E-state index in [4.69, 9.17) is 0 Å². The molecule has 4 heteroatoms. The van der Waals surface area contributed by atoms with Crippen molar-refractivity contribution in [1.82, 2.24) is 15.6 Å². The molecule has 1 aromatic carbocycles. The molecule has 1 fully saturated rings. The van der Waals surface area contributed by atoms with Gasteiger partial charge in [0.15, 0.2) is 0 Å². The van der Waals surface area contributed by atoms with Crippen molar-refractivity contribution in [2.75, 3.05) is 19.6 Å². The van der Waals surface area contributed by atoms with E-state index in [1.807, 2.05) is 0 Å². The van der Waals surface area contributed by atoms with Crippen molar-refractivity contribution in [3.63, 3.8) is 0 Å². The second-order valence-electron chi connectivity index (χ2n) is 5.54. The Balaban J connectivity index is 1.61. The highest BCUT2D eigenvalue weighted by atomic mass is 16.1. The van der Waals surface area contributed by atoms with Crippen molar-refractivity contribution >= 4 is 16.8 Å². The van der Waals surface area contributed by atoms with Gasteiger partial charge in [-0.25, -0.2) is 0 Å². The van der Waals surface area contributed by atoms with Gasteiger partial charge in [-0.1, -0.05) is 12.1 Å². The van der Waals surface area contributed by atoms with Crippen LogP contribution in [-0.2, 0) is 11.2 Å². The van der Waals surface area contributed by atoms with E-state index in [-0.39, 0.29) is 11.8 Å². The summed E-state index contributed by atoms with van der Waals surface area (Å²) in [7, 11) is 0. The predicted molar refractivity (Wildman–Crippen MR) is 80.7 cm³/mol. The number of nitrogens with one attached hydrogen (secondary N) is 3. The van der Waals surface area contributed by atoms with Crippen molar-refractivity contribution in [2.24, 2.45) is 5.92 Å². The fourth-order valence-electron chi connectivity index (χ4n) is 2.99. The van der Waals surface area contributed by atoms with Gasteiger partial charge in [-0.3, -0.25) is 4.79 Å². The Hall–Kier alpha value is -1.81. The van der Waals surface area contributed by atoms with Crippen LogP contribution in [0.5, 0.6) is 0 Å². The molecule has 0 saturated carbocycles. The highest BCUT2D eigenvalue weighted by Crippen LogP contribution is 2.22. The van der Waals surface area contributed by atoms with Gasteiger partial charge in [-0.15, -0.1) is 0 Å². The summed E-state index contributed by atoms with van der Waals surface area (Å²) in [5, 5.41) is 7.57. The van der Waals surface area contributed by atoms with Crippen molar-refractivity contribution < 1.29 is 4.79 Å². The summed E-state index contributed by atoms with van der Waals surface area (Å²) in [6.07, 6.45) is 3.88. The van der Waals surface area contributed by atoms with Crippen molar-refractivity contribution in [2.45, 2.75) is 19.8 Å². The number of aromatic nitrogens is 1. The first-order valence-corrected chi connectivity index (χ1v) is 7.29. The minimum Gasteiger partial charge on any atom is -0.361 e. The number of rotatable bonds is 4. The van der Waals surface area contributed by atoms with E-state index < -0.39 is 0 Å². The molecule has 0 bridgehead atoms. The van der Waals surface area contributed by atoms with Crippen LogP contribution >= 0.6 is 0 Å². The molecule has 4 nitrogen and oxygen atoms in total. The third-order valence-electron chi connectivity index (χ3n) is 4.12. The van der Waals surface area contributed by atoms with E-state index in [2.05, 4.69) is 46.9 Å². The molecule has 0 spiro atoms. The number of aryl methyl sites for hydroxylation is 1. The molecule has 0 aliphatic carbocycles. The van der Waals surface area contributed by atoms with E-state index in [1.165, 1.54) is 22.0 Å². The van der Waals surface area contributed by atoms with Gasteiger partial charge in [-0.2, -0.15) is 0 Å². The van der Waals surface area contributed by atoms with Crippen LogP contribution in [0.3, 0.4) is 0 Å². The zero-order chi connectivity index (χ0) is 13.9. The first kappa shape index (κ1) is 13.2. The maximum atomic E-state index is 11.9. The largest absolute Gasteiger partial charge is 0.361 e. The molecule has 0 radical (unpaired) electrons. The summed E-state index contributed by atoms with van der Waals surface area (Å²) in [5.41, 5.74) is 3.74. The fraction of sp³-hybridized carbons (Fsp3) is 0.438. The van der Waals surface area contributed by atoms with Crippen LogP contribution in [0.1, 0.15) is 17.5 Å². The Bertz CT molecular complexity index is 611. The van der Waals surface area contributed by atoms with Crippen molar-refractivity contribution in [3.05, 3.63) is 35.5 Å². The van der Waals surface area contributed by atoms with Crippen LogP contribution in [0.25, 0.3) is 10.9 Å².